The Balaban J connectivity index is 2.31. The number of rotatable bonds is 4. The fraction of sp³-hybridized carbons (Fsp3) is 0.188. The van der Waals surface area contributed by atoms with Gasteiger partial charge in [-0.2, -0.15) is 0 Å². The van der Waals surface area contributed by atoms with Crippen molar-refractivity contribution in [1.82, 2.24) is 4.90 Å². The van der Waals surface area contributed by atoms with Crippen LogP contribution >= 0.6 is 15.9 Å². The van der Waals surface area contributed by atoms with E-state index in [-0.39, 0.29) is 10.8 Å². The Kier molecular flexibility index (Phi) is 5.23. The van der Waals surface area contributed by atoms with E-state index in [1.54, 1.807) is 20.0 Å². The van der Waals surface area contributed by atoms with Gasteiger partial charge in [-0.1, -0.05) is 40.2 Å². The van der Waals surface area contributed by atoms with Crippen molar-refractivity contribution < 1.29 is 13.2 Å². The first kappa shape index (κ1) is 17.7. The lowest BCUT2D eigenvalue weighted by atomic mass is 10.1. The Hall–Kier alpha value is -1.70. The van der Waals surface area contributed by atoms with Gasteiger partial charge in [0.1, 0.15) is 0 Å². The van der Waals surface area contributed by atoms with E-state index >= 15 is 0 Å². The highest BCUT2D eigenvalue weighted by Crippen LogP contribution is 2.20. The van der Waals surface area contributed by atoms with Crippen LogP contribution in [0, 0.1) is 6.92 Å². The molecule has 5 nitrogen and oxygen atoms in total. The molecule has 122 valence electrons. The number of nitrogens with two attached hydrogens (primary N) is 1. The molecule has 0 aliphatic heterocycles. The third-order valence-electron chi connectivity index (χ3n) is 3.48. The smallest absolute Gasteiger partial charge is 0.254 e. The highest BCUT2D eigenvalue weighted by Gasteiger charge is 2.18. The van der Waals surface area contributed by atoms with Crippen LogP contribution in [0.5, 0.6) is 0 Å². The molecule has 2 aromatic carbocycles. The highest BCUT2D eigenvalue weighted by atomic mass is 79.9. The summed E-state index contributed by atoms with van der Waals surface area (Å²) in [6, 6.07) is 11.9. The lowest BCUT2D eigenvalue weighted by Crippen LogP contribution is -2.27. The molecule has 0 spiro atoms. The molecule has 1 amide bonds. The van der Waals surface area contributed by atoms with E-state index in [9.17, 15) is 13.2 Å². The number of carbonyl (C=O) groups is 1. The third kappa shape index (κ3) is 4.19. The molecule has 0 unspecified atom stereocenters. The van der Waals surface area contributed by atoms with Gasteiger partial charge in [0.05, 0.1) is 4.90 Å². The SMILES string of the molecule is Cc1ccc(S(N)(=O)=O)cc1C(=O)N(C)Cc1ccccc1Br. The number of sulfonamides is 1. The van der Waals surface area contributed by atoms with Crippen LogP contribution in [-0.2, 0) is 16.6 Å². The van der Waals surface area contributed by atoms with Gasteiger partial charge in [-0.15, -0.1) is 0 Å². The van der Waals surface area contributed by atoms with Crippen LogP contribution in [0.25, 0.3) is 0 Å². The fourth-order valence-electron chi connectivity index (χ4n) is 2.17. The Morgan fingerprint density at radius 3 is 2.48 bits per heavy atom. The van der Waals surface area contributed by atoms with E-state index in [2.05, 4.69) is 15.9 Å². The third-order valence-corrected chi connectivity index (χ3v) is 5.16. The van der Waals surface area contributed by atoms with Gasteiger partial charge in [-0.3, -0.25) is 4.79 Å². The molecule has 0 saturated carbocycles. The minimum absolute atomic E-state index is 0.0688. The second-order valence-corrected chi connectivity index (χ2v) is 7.69. The topological polar surface area (TPSA) is 80.5 Å². The maximum absolute atomic E-state index is 12.6. The number of aryl methyl sites for hydroxylation is 1. The number of halogens is 1. The van der Waals surface area contributed by atoms with Crippen LogP contribution in [0.1, 0.15) is 21.5 Å². The average Bonchev–Trinajstić information content (AvgIpc) is 2.48. The Morgan fingerprint density at radius 1 is 1.22 bits per heavy atom. The average molecular weight is 397 g/mol. The van der Waals surface area contributed by atoms with Crippen molar-refractivity contribution >= 4 is 31.9 Å². The van der Waals surface area contributed by atoms with Crippen molar-refractivity contribution in [3.05, 3.63) is 63.6 Å². The molecule has 0 aliphatic carbocycles. The molecule has 0 fully saturated rings. The van der Waals surface area contributed by atoms with Crippen molar-refractivity contribution in [2.75, 3.05) is 7.05 Å². The van der Waals surface area contributed by atoms with E-state index < -0.39 is 10.0 Å². The zero-order valence-electron chi connectivity index (χ0n) is 12.8. The van der Waals surface area contributed by atoms with Gasteiger partial charge in [0.2, 0.25) is 10.0 Å². The van der Waals surface area contributed by atoms with Crippen molar-refractivity contribution in [3.8, 4) is 0 Å². The van der Waals surface area contributed by atoms with E-state index in [1.807, 2.05) is 24.3 Å². The molecule has 0 atom stereocenters. The minimum atomic E-state index is -3.85. The van der Waals surface area contributed by atoms with E-state index in [0.717, 1.165) is 10.0 Å². The zero-order valence-corrected chi connectivity index (χ0v) is 15.2. The molecule has 7 heteroatoms. The summed E-state index contributed by atoms with van der Waals surface area (Å²) in [5.74, 6) is -0.260. The van der Waals surface area contributed by atoms with Gasteiger partial charge in [0, 0.05) is 23.6 Å². The van der Waals surface area contributed by atoms with Gasteiger partial charge in [0.15, 0.2) is 0 Å². The van der Waals surface area contributed by atoms with Crippen molar-refractivity contribution in [3.63, 3.8) is 0 Å². The number of carbonyl (C=O) groups excluding carboxylic acids is 1. The second kappa shape index (κ2) is 6.82. The Bertz CT molecular complexity index is 850. The number of hydrogen-bond acceptors (Lipinski definition) is 3. The molecule has 2 N–H and O–H groups in total. The standard InChI is InChI=1S/C16H17BrN2O3S/c1-11-7-8-13(23(18,21)22)9-14(11)16(20)19(2)10-12-5-3-4-6-15(12)17/h3-9H,10H2,1-2H3,(H2,18,21,22). The minimum Gasteiger partial charge on any atom is -0.337 e. The van der Waals surface area contributed by atoms with Crippen LogP contribution in [0.4, 0.5) is 0 Å². The van der Waals surface area contributed by atoms with Gasteiger partial charge < -0.3 is 4.90 Å². The summed E-state index contributed by atoms with van der Waals surface area (Å²) in [5.41, 5.74) is 1.98. The maximum atomic E-state index is 12.6. The first-order valence-corrected chi connectivity index (χ1v) is 9.16. The summed E-state index contributed by atoms with van der Waals surface area (Å²) >= 11 is 3.45. The largest absolute Gasteiger partial charge is 0.337 e. The number of hydrogen-bond donors (Lipinski definition) is 1. The summed E-state index contributed by atoms with van der Waals surface area (Å²) in [6.45, 7) is 2.16. The van der Waals surface area contributed by atoms with Gasteiger partial charge in [0.25, 0.3) is 5.91 Å². The Labute approximate surface area is 144 Å². The predicted octanol–water partition coefficient (Wildman–Crippen LogP) is 2.68. The quantitative estimate of drug-likeness (QED) is 0.862. The first-order valence-electron chi connectivity index (χ1n) is 6.82. The molecule has 23 heavy (non-hydrogen) atoms. The summed E-state index contributed by atoms with van der Waals surface area (Å²) < 4.78 is 23.9. The Morgan fingerprint density at radius 2 is 1.87 bits per heavy atom. The summed E-state index contributed by atoms with van der Waals surface area (Å²) in [5, 5.41) is 5.14. The van der Waals surface area contributed by atoms with E-state index in [1.165, 1.54) is 17.0 Å². The van der Waals surface area contributed by atoms with E-state index in [0.29, 0.717) is 17.7 Å². The zero-order chi connectivity index (χ0) is 17.2. The predicted molar refractivity (Wildman–Crippen MR) is 92.5 cm³/mol. The molecule has 2 aromatic rings. The number of primary sulfonamides is 1. The lowest BCUT2D eigenvalue weighted by Gasteiger charge is -2.19. The summed E-state index contributed by atoms with van der Waals surface area (Å²) in [4.78, 5) is 14.1. The summed E-state index contributed by atoms with van der Waals surface area (Å²) in [7, 11) is -2.17. The molecule has 0 radical (unpaired) electrons. The normalized spacial score (nSPS) is 11.3. The van der Waals surface area contributed by atoms with Crippen LogP contribution in [0.15, 0.2) is 51.8 Å². The van der Waals surface area contributed by atoms with Crippen LogP contribution < -0.4 is 5.14 Å². The van der Waals surface area contributed by atoms with Crippen molar-refractivity contribution in [2.24, 2.45) is 5.14 Å². The number of amides is 1. The molecular weight excluding hydrogens is 380 g/mol. The van der Waals surface area contributed by atoms with Gasteiger partial charge in [-0.25, -0.2) is 13.6 Å². The molecule has 0 bridgehead atoms. The van der Waals surface area contributed by atoms with Crippen molar-refractivity contribution in [2.45, 2.75) is 18.4 Å². The van der Waals surface area contributed by atoms with Gasteiger partial charge >= 0.3 is 0 Å². The molecule has 0 aromatic heterocycles. The number of benzene rings is 2. The van der Waals surface area contributed by atoms with E-state index in [4.69, 9.17) is 5.14 Å². The molecule has 0 saturated heterocycles. The number of nitrogens with zero attached hydrogens (tertiary/aromatic N) is 1. The molecule has 0 heterocycles. The van der Waals surface area contributed by atoms with Crippen LogP contribution in [0.3, 0.4) is 0 Å². The molecule has 0 aliphatic rings. The van der Waals surface area contributed by atoms with Gasteiger partial charge in [-0.05, 0) is 36.2 Å². The lowest BCUT2D eigenvalue weighted by molar-refractivity contribution is 0.0784. The molecule has 2 rings (SSSR count). The fourth-order valence-corrected chi connectivity index (χ4v) is 3.12. The van der Waals surface area contributed by atoms with Crippen LogP contribution in [-0.4, -0.2) is 26.3 Å². The molecular formula is C16H17BrN2O3S. The summed E-state index contributed by atoms with van der Waals surface area (Å²) in [6.07, 6.45) is 0. The van der Waals surface area contributed by atoms with Crippen LogP contribution in [0.2, 0.25) is 0 Å². The highest BCUT2D eigenvalue weighted by molar-refractivity contribution is 9.10. The first-order chi connectivity index (χ1) is 10.7. The maximum Gasteiger partial charge on any atom is 0.254 e. The second-order valence-electron chi connectivity index (χ2n) is 5.27. The monoisotopic (exact) mass is 396 g/mol. The van der Waals surface area contributed by atoms with Crippen molar-refractivity contribution in [1.29, 1.82) is 0 Å².